The number of nitrogens with zero attached hydrogens (tertiary/aromatic N) is 5. The Bertz CT molecular complexity index is 1190. The van der Waals surface area contributed by atoms with Gasteiger partial charge in [-0.15, -0.1) is 21.5 Å². The highest BCUT2D eigenvalue weighted by molar-refractivity contribution is 7.17. The maximum Gasteiger partial charge on any atom is 0.341 e. The molecule has 10 heteroatoms. The molecule has 0 unspecified atom stereocenters. The fraction of sp³-hybridized carbons (Fsp3) is 0.211. The smallest absolute Gasteiger partial charge is 0.341 e. The molecule has 8 nitrogen and oxygen atoms in total. The van der Waals surface area contributed by atoms with Crippen molar-refractivity contribution in [1.29, 1.82) is 0 Å². The molecule has 29 heavy (non-hydrogen) atoms. The Hall–Kier alpha value is -3.04. The first-order chi connectivity index (χ1) is 14.1. The summed E-state index contributed by atoms with van der Waals surface area (Å²) in [5, 5.41) is 15.0. The normalized spacial score (nSPS) is 11.0. The quantitative estimate of drug-likeness (QED) is 0.339. The van der Waals surface area contributed by atoms with E-state index in [2.05, 4.69) is 20.4 Å². The van der Waals surface area contributed by atoms with Crippen LogP contribution in [0, 0.1) is 0 Å². The number of ether oxygens (including phenoxy) is 2. The first-order valence-corrected chi connectivity index (χ1v) is 10.0. The summed E-state index contributed by atoms with van der Waals surface area (Å²) in [4.78, 5) is 17.7. The fourth-order valence-electron chi connectivity index (χ4n) is 2.81. The highest BCUT2D eigenvalue weighted by atomic mass is 35.5. The number of thiophene rings is 1. The second-order valence-corrected chi connectivity index (χ2v) is 7.30. The lowest BCUT2D eigenvalue weighted by molar-refractivity contribution is 0.0528. The Morgan fingerprint density at radius 3 is 2.97 bits per heavy atom. The van der Waals surface area contributed by atoms with Gasteiger partial charge < -0.3 is 9.47 Å². The lowest BCUT2D eigenvalue weighted by Gasteiger charge is -2.08. The predicted octanol–water partition coefficient (Wildman–Crippen LogP) is 3.90. The molecular weight excluding hydrogens is 414 g/mol. The Labute approximate surface area is 175 Å². The van der Waals surface area contributed by atoms with Crippen LogP contribution in [0.4, 0.5) is 0 Å². The standard InChI is InChI=1S/C19H16ClN5O3S/c1-3-27-19(26)14-8-21-17(20)15-12(10-29-16(14)15)9-28-13-6-4-5-11(7-13)18-22-24-25(2)23-18/h4-8,10H,3,9H2,1-2H3. The average molecular weight is 430 g/mol. The molecule has 0 saturated heterocycles. The van der Waals surface area contributed by atoms with Gasteiger partial charge in [0.05, 0.1) is 23.9 Å². The molecule has 0 amide bonds. The van der Waals surface area contributed by atoms with Crippen molar-refractivity contribution in [3.05, 3.63) is 52.1 Å². The van der Waals surface area contributed by atoms with Crippen molar-refractivity contribution in [2.45, 2.75) is 13.5 Å². The number of carbonyl (C=O) groups excluding carboxylic acids is 1. The van der Waals surface area contributed by atoms with E-state index in [0.717, 1.165) is 15.8 Å². The zero-order chi connectivity index (χ0) is 20.4. The maximum atomic E-state index is 12.2. The molecular formula is C19H16ClN5O3S. The van der Waals surface area contributed by atoms with Crippen molar-refractivity contribution in [2.75, 3.05) is 6.61 Å². The van der Waals surface area contributed by atoms with Crippen LogP contribution >= 0.6 is 22.9 Å². The van der Waals surface area contributed by atoms with E-state index < -0.39 is 5.97 Å². The van der Waals surface area contributed by atoms with Gasteiger partial charge in [-0.1, -0.05) is 23.7 Å². The summed E-state index contributed by atoms with van der Waals surface area (Å²) in [5.41, 5.74) is 2.05. The zero-order valence-corrected chi connectivity index (χ0v) is 17.2. The van der Waals surface area contributed by atoms with Crippen LogP contribution in [0.15, 0.2) is 35.8 Å². The van der Waals surface area contributed by atoms with Crippen LogP contribution in [0.25, 0.3) is 21.5 Å². The molecule has 3 heterocycles. The first-order valence-electron chi connectivity index (χ1n) is 8.75. The van der Waals surface area contributed by atoms with E-state index in [1.54, 1.807) is 14.0 Å². The van der Waals surface area contributed by atoms with Gasteiger partial charge in [0.25, 0.3) is 0 Å². The van der Waals surface area contributed by atoms with E-state index in [0.29, 0.717) is 34.3 Å². The topological polar surface area (TPSA) is 92.0 Å². The number of carbonyl (C=O) groups is 1. The molecule has 0 radical (unpaired) electrons. The van der Waals surface area contributed by atoms with Crippen LogP contribution < -0.4 is 4.74 Å². The number of tetrazole rings is 1. The molecule has 148 valence electrons. The summed E-state index contributed by atoms with van der Waals surface area (Å²) >= 11 is 7.72. The minimum atomic E-state index is -0.417. The molecule has 0 aliphatic heterocycles. The van der Waals surface area contributed by atoms with Gasteiger partial charge in [0.1, 0.15) is 17.5 Å². The van der Waals surface area contributed by atoms with Crippen LogP contribution in [0.2, 0.25) is 5.15 Å². The summed E-state index contributed by atoms with van der Waals surface area (Å²) in [5.74, 6) is 0.755. The van der Waals surface area contributed by atoms with E-state index in [1.165, 1.54) is 22.3 Å². The molecule has 0 fully saturated rings. The summed E-state index contributed by atoms with van der Waals surface area (Å²) < 4.78 is 11.8. The van der Waals surface area contributed by atoms with Crippen LogP contribution in [-0.2, 0) is 18.4 Å². The van der Waals surface area contributed by atoms with E-state index in [1.807, 2.05) is 29.6 Å². The Morgan fingerprint density at radius 2 is 2.21 bits per heavy atom. The molecule has 0 saturated carbocycles. The monoisotopic (exact) mass is 429 g/mol. The van der Waals surface area contributed by atoms with Gasteiger partial charge in [-0.2, -0.15) is 4.80 Å². The maximum absolute atomic E-state index is 12.2. The number of aromatic nitrogens is 5. The fourth-order valence-corrected chi connectivity index (χ4v) is 4.18. The SMILES string of the molecule is CCOC(=O)c1cnc(Cl)c2c(COc3cccc(-c4nnn(C)n4)c3)csc12. The minimum Gasteiger partial charge on any atom is -0.489 e. The number of benzene rings is 1. The predicted molar refractivity (Wildman–Crippen MR) is 109 cm³/mol. The molecule has 1 aromatic carbocycles. The van der Waals surface area contributed by atoms with Gasteiger partial charge in [-0.25, -0.2) is 9.78 Å². The Morgan fingerprint density at radius 1 is 1.34 bits per heavy atom. The third-order valence-electron chi connectivity index (χ3n) is 4.12. The van der Waals surface area contributed by atoms with E-state index >= 15 is 0 Å². The molecule has 0 spiro atoms. The first kappa shape index (κ1) is 19.3. The Balaban J connectivity index is 1.59. The minimum absolute atomic E-state index is 0.269. The number of halogens is 1. The molecule has 4 rings (SSSR count). The molecule has 4 aromatic rings. The number of fused-ring (bicyclic) bond motifs is 1. The summed E-state index contributed by atoms with van der Waals surface area (Å²) in [7, 11) is 1.71. The van der Waals surface area contributed by atoms with E-state index in [-0.39, 0.29) is 6.61 Å². The van der Waals surface area contributed by atoms with Crippen molar-refractivity contribution in [3.63, 3.8) is 0 Å². The number of rotatable bonds is 6. The molecule has 0 aliphatic carbocycles. The molecule has 0 atom stereocenters. The van der Waals surface area contributed by atoms with Crippen LogP contribution in [0.1, 0.15) is 22.8 Å². The largest absolute Gasteiger partial charge is 0.489 e. The summed E-state index contributed by atoms with van der Waals surface area (Å²) in [6.45, 7) is 2.32. The van der Waals surface area contributed by atoms with Gasteiger partial charge >= 0.3 is 5.97 Å². The number of pyridine rings is 1. The van der Waals surface area contributed by atoms with Gasteiger partial charge in [0.2, 0.25) is 5.82 Å². The van der Waals surface area contributed by atoms with Crippen molar-refractivity contribution >= 4 is 39.0 Å². The molecule has 3 aromatic heterocycles. The van der Waals surface area contributed by atoms with Gasteiger partial charge in [0.15, 0.2) is 0 Å². The van der Waals surface area contributed by atoms with Crippen LogP contribution in [0.5, 0.6) is 5.75 Å². The Kier molecular flexibility index (Phi) is 5.41. The third-order valence-corrected chi connectivity index (χ3v) is 5.46. The summed E-state index contributed by atoms with van der Waals surface area (Å²) in [6, 6.07) is 7.43. The highest BCUT2D eigenvalue weighted by Gasteiger charge is 2.18. The van der Waals surface area contributed by atoms with Crippen molar-refractivity contribution in [3.8, 4) is 17.1 Å². The van der Waals surface area contributed by atoms with Crippen molar-refractivity contribution < 1.29 is 14.3 Å². The van der Waals surface area contributed by atoms with Gasteiger partial charge in [-0.3, -0.25) is 0 Å². The highest BCUT2D eigenvalue weighted by Crippen LogP contribution is 2.34. The molecule has 0 N–H and O–H groups in total. The number of hydrogen-bond acceptors (Lipinski definition) is 8. The van der Waals surface area contributed by atoms with E-state index in [4.69, 9.17) is 21.1 Å². The summed E-state index contributed by atoms with van der Waals surface area (Å²) in [6.07, 6.45) is 1.45. The second-order valence-electron chi connectivity index (χ2n) is 6.07. The lowest BCUT2D eigenvalue weighted by atomic mass is 10.1. The van der Waals surface area contributed by atoms with Crippen molar-refractivity contribution in [1.82, 2.24) is 25.2 Å². The third kappa shape index (κ3) is 3.92. The number of aryl methyl sites for hydroxylation is 1. The number of hydrogen-bond donors (Lipinski definition) is 0. The second kappa shape index (κ2) is 8.14. The van der Waals surface area contributed by atoms with Crippen LogP contribution in [-0.4, -0.2) is 37.8 Å². The number of esters is 1. The van der Waals surface area contributed by atoms with Crippen LogP contribution in [0.3, 0.4) is 0 Å². The lowest BCUT2D eigenvalue weighted by Crippen LogP contribution is -2.05. The van der Waals surface area contributed by atoms with Gasteiger partial charge in [-0.05, 0) is 29.6 Å². The molecule has 0 bridgehead atoms. The zero-order valence-electron chi connectivity index (χ0n) is 15.6. The van der Waals surface area contributed by atoms with E-state index in [9.17, 15) is 4.79 Å². The van der Waals surface area contributed by atoms with Crippen molar-refractivity contribution in [2.24, 2.45) is 7.05 Å². The van der Waals surface area contributed by atoms with Gasteiger partial charge in [0, 0.05) is 22.7 Å². The molecule has 0 aliphatic rings. The average Bonchev–Trinajstić information content (AvgIpc) is 3.34.